The quantitative estimate of drug-likeness (QED) is 0.913. The maximum atomic E-state index is 9.35. The number of aliphatic hydroxyl groups excluding tert-OH is 1. The minimum absolute atomic E-state index is 0.126. The molecule has 5 heteroatoms. The van der Waals surface area contributed by atoms with E-state index in [1.54, 1.807) is 13.3 Å². The third-order valence-electron chi connectivity index (χ3n) is 2.94. The van der Waals surface area contributed by atoms with Crippen LogP contribution < -0.4 is 4.90 Å². The van der Waals surface area contributed by atoms with E-state index >= 15 is 0 Å². The van der Waals surface area contributed by atoms with Gasteiger partial charge in [-0.15, -0.1) is 0 Å². The highest BCUT2D eigenvalue weighted by Gasteiger charge is 2.31. The molecule has 4 nitrogen and oxygen atoms in total. The summed E-state index contributed by atoms with van der Waals surface area (Å²) in [4.78, 5) is 6.28. The van der Waals surface area contributed by atoms with Gasteiger partial charge in [0.1, 0.15) is 0 Å². The summed E-state index contributed by atoms with van der Waals surface area (Å²) in [6, 6.07) is 2.13. The Labute approximate surface area is 103 Å². The summed E-state index contributed by atoms with van der Waals surface area (Å²) in [5.41, 5.74) is 1.02. The molecule has 0 radical (unpaired) electrons. The van der Waals surface area contributed by atoms with E-state index in [-0.39, 0.29) is 18.8 Å². The van der Waals surface area contributed by atoms with Gasteiger partial charge in [0.05, 0.1) is 30.6 Å². The fourth-order valence-electron chi connectivity index (χ4n) is 2.09. The molecule has 1 aromatic rings. The molecule has 0 aliphatic carbocycles. The van der Waals surface area contributed by atoms with Gasteiger partial charge >= 0.3 is 0 Å². The first-order valence-electron chi connectivity index (χ1n) is 5.25. The minimum Gasteiger partial charge on any atom is -0.394 e. The van der Waals surface area contributed by atoms with Crippen LogP contribution in [-0.2, 0) is 4.74 Å². The third-order valence-corrected chi connectivity index (χ3v) is 3.38. The lowest BCUT2D eigenvalue weighted by Gasteiger charge is -2.24. The fourth-order valence-corrected chi connectivity index (χ4v) is 2.44. The second kappa shape index (κ2) is 5.12. The second-order valence-electron chi connectivity index (χ2n) is 3.94. The molecule has 2 heterocycles. The van der Waals surface area contributed by atoms with Gasteiger partial charge in [0.25, 0.3) is 0 Å². The Hall–Kier alpha value is -0.650. The Bertz CT molecular complexity index is 362. The summed E-state index contributed by atoms with van der Waals surface area (Å²) in [5, 5.41) is 9.35. The predicted molar refractivity (Wildman–Crippen MR) is 65.6 cm³/mol. The topological polar surface area (TPSA) is 45.6 Å². The van der Waals surface area contributed by atoms with Crippen molar-refractivity contribution in [2.45, 2.75) is 18.6 Å². The molecular formula is C11H15BrN2O2. The van der Waals surface area contributed by atoms with Gasteiger partial charge in [0.2, 0.25) is 0 Å². The lowest BCUT2D eigenvalue weighted by molar-refractivity contribution is 0.115. The smallest absolute Gasteiger partial charge is 0.0766 e. The van der Waals surface area contributed by atoms with Crippen LogP contribution in [0.4, 0.5) is 5.69 Å². The van der Waals surface area contributed by atoms with Gasteiger partial charge in [-0.3, -0.25) is 4.98 Å². The van der Waals surface area contributed by atoms with E-state index in [1.165, 1.54) is 0 Å². The van der Waals surface area contributed by atoms with Crippen LogP contribution in [-0.4, -0.2) is 42.5 Å². The van der Waals surface area contributed by atoms with Crippen molar-refractivity contribution in [3.05, 3.63) is 22.9 Å². The number of hydrogen-bond donors (Lipinski definition) is 1. The number of halogens is 1. The average Bonchev–Trinajstić information content (AvgIpc) is 2.72. The number of nitrogens with zero attached hydrogens (tertiary/aromatic N) is 2. The van der Waals surface area contributed by atoms with E-state index in [1.807, 2.05) is 12.3 Å². The number of methoxy groups -OCH3 is 1. The zero-order valence-corrected chi connectivity index (χ0v) is 10.7. The number of hydrogen-bond acceptors (Lipinski definition) is 4. The van der Waals surface area contributed by atoms with Gasteiger partial charge in [0.15, 0.2) is 0 Å². The van der Waals surface area contributed by atoms with Crippen molar-refractivity contribution in [2.75, 3.05) is 25.2 Å². The van der Waals surface area contributed by atoms with E-state index in [4.69, 9.17) is 4.74 Å². The zero-order valence-electron chi connectivity index (χ0n) is 9.14. The van der Waals surface area contributed by atoms with Crippen LogP contribution in [0, 0.1) is 0 Å². The molecular weight excluding hydrogens is 272 g/mol. The Morgan fingerprint density at radius 2 is 2.44 bits per heavy atom. The summed E-state index contributed by atoms with van der Waals surface area (Å²) in [5.74, 6) is 0. The van der Waals surface area contributed by atoms with Crippen LogP contribution in [0.3, 0.4) is 0 Å². The lowest BCUT2D eigenvalue weighted by Crippen LogP contribution is -2.32. The van der Waals surface area contributed by atoms with Crippen molar-refractivity contribution in [3.8, 4) is 0 Å². The predicted octanol–water partition coefficient (Wildman–Crippen LogP) is 1.43. The molecule has 0 spiro atoms. The molecule has 1 N–H and O–H groups in total. The van der Waals surface area contributed by atoms with Gasteiger partial charge in [-0.1, -0.05) is 0 Å². The lowest BCUT2D eigenvalue weighted by atomic mass is 10.2. The maximum absolute atomic E-state index is 9.35. The molecule has 1 aliphatic rings. The van der Waals surface area contributed by atoms with Crippen molar-refractivity contribution in [2.24, 2.45) is 0 Å². The Kier molecular flexibility index (Phi) is 3.78. The summed E-state index contributed by atoms with van der Waals surface area (Å²) < 4.78 is 6.29. The Morgan fingerprint density at radius 3 is 3.06 bits per heavy atom. The van der Waals surface area contributed by atoms with Crippen LogP contribution in [0.1, 0.15) is 6.42 Å². The van der Waals surface area contributed by atoms with Gasteiger partial charge in [-0.25, -0.2) is 0 Å². The van der Waals surface area contributed by atoms with Crippen LogP contribution in [0.2, 0.25) is 0 Å². The normalized spacial score (nSPS) is 25.1. The van der Waals surface area contributed by atoms with Gasteiger partial charge in [-0.05, 0) is 28.4 Å². The number of aromatic nitrogens is 1. The number of ether oxygens (including phenoxy) is 1. The molecule has 1 fully saturated rings. The molecule has 1 aromatic heterocycles. The first kappa shape index (κ1) is 11.8. The third kappa shape index (κ3) is 2.36. The highest BCUT2D eigenvalue weighted by atomic mass is 79.9. The molecule has 0 bridgehead atoms. The van der Waals surface area contributed by atoms with Crippen LogP contribution in [0.15, 0.2) is 22.9 Å². The van der Waals surface area contributed by atoms with Crippen molar-refractivity contribution >= 4 is 21.6 Å². The zero-order chi connectivity index (χ0) is 11.5. The molecule has 0 saturated carbocycles. The van der Waals surface area contributed by atoms with Gasteiger partial charge < -0.3 is 14.7 Å². The van der Waals surface area contributed by atoms with Crippen molar-refractivity contribution in [3.63, 3.8) is 0 Å². The average molecular weight is 287 g/mol. The summed E-state index contributed by atoms with van der Waals surface area (Å²) in [6.07, 6.45) is 4.61. The SMILES string of the molecule is CO[C@@H]1C[C@@H](CO)N(c2cncc(Br)c2)C1. The fraction of sp³-hybridized carbons (Fsp3) is 0.545. The Balaban J connectivity index is 2.19. The highest BCUT2D eigenvalue weighted by molar-refractivity contribution is 9.10. The largest absolute Gasteiger partial charge is 0.394 e. The molecule has 1 aliphatic heterocycles. The molecule has 2 rings (SSSR count). The minimum atomic E-state index is 0.126. The van der Waals surface area contributed by atoms with E-state index < -0.39 is 0 Å². The molecule has 1 saturated heterocycles. The Morgan fingerprint density at radius 1 is 1.62 bits per heavy atom. The van der Waals surface area contributed by atoms with Crippen molar-refractivity contribution in [1.29, 1.82) is 0 Å². The molecule has 16 heavy (non-hydrogen) atoms. The second-order valence-corrected chi connectivity index (χ2v) is 4.86. The van der Waals surface area contributed by atoms with E-state index in [0.29, 0.717) is 0 Å². The van der Waals surface area contributed by atoms with Gasteiger partial charge in [0, 0.05) is 24.3 Å². The molecule has 0 unspecified atom stereocenters. The van der Waals surface area contributed by atoms with Crippen LogP contribution >= 0.6 is 15.9 Å². The van der Waals surface area contributed by atoms with Gasteiger partial charge in [-0.2, -0.15) is 0 Å². The standard InChI is InChI=1S/C11H15BrN2O2/c1-16-11-3-10(7-15)14(6-11)9-2-8(12)4-13-5-9/h2,4-5,10-11,15H,3,6-7H2,1H3/t10-,11+/m0/s1. The van der Waals surface area contributed by atoms with E-state index in [0.717, 1.165) is 23.1 Å². The summed E-state index contributed by atoms with van der Waals surface area (Å²) in [6.45, 7) is 0.951. The van der Waals surface area contributed by atoms with E-state index in [2.05, 4.69) is 25.8 Å². The maximum Gasteiger partial charge on any atom is 0.0766 e. The molecule has 2 atom stereocenters. The molecule has 0 amide bonds. The first-order valence-corrected chi connectivity index (χ1v) is 6.04. The first-order chi connectivity index (χ1) is 7.74. The molecule has 88 valence electrons. The van der Waals surface area contributed by atoms with E-state index in [9.17, 15) is 5.11 Å². The monoisotopic (exact) mass is 286 g/mol. The summed E-state index contributed by atoms with van der Waals surface area (Å²) >= 11 is 3.40. The number of rotatable bonds is 3. The van der Waals surface area contributed by atoms with Crippen LogP contribution in [0.25, 0.3) is 0 Å². The van der Waals surface area contributed by atoms with Crippen molar-refractivity contribution < 1.29 is 9.84 Å². The highest BCUT2D eigenvalue weighted by Crippen LogP contribution is 2.27. The molecule has 0 aromatic carbocycles. The van der Waals surface area contributed by atoms with Crippen molar-refractivity contribution in [1.82, 2.24) is 4.98 Å². The van der Waals surface area contributed by atoms with Crippen LogP contribution in [0.5, 0.6) is 0 Å². The number of anilines is 1. The summed E-state index contributed by atoms with van der Waals surface area (Å²) in [7, 11) is 1.71. The number of aliphatic hydroxyl groups is 1. The number of pyridine rings is 1.